The maximum atomic E-state index is 12.6. The SMILES string of the molecule is Nc1cc(N)cc(SOC(=O)/C=C/c2ccc(OC(=O)c3ccc(COC(=O)CC4CCC(CC5CCC5)C4)cc3)cc2)c1. The summed E-state index contributed by atoms with van der Waals surface area (Å²) in [6, 6.07) is 18.5. The third-order valence-corrected chi connectivity index (χ3v) is 8.94. The van der Waals surface area contributed by atoms with Crippen molar-refractivity contribution in [3.63, 3.8) is 0 Å². The van der Waals surface area contributed by atoms with Crippen molar-refractivity contribution in [3.05, 3.63) is 89.5 Å². The molecule has 0 amide bonds. The van der Waals surface area contributed by atoms with Crippen molar-refractivity contribution in [2.45, 2.75) is 62.9 Å². The number of rotatable bonds is 12. The second-order valence-corrected chi connectivity index (χ2v) is 12.6. The van der Waals surface area contributed by atoms with Crippen molar-refractivity contribution in [2.75, 3.05) is 11.5 Å². The Morgan fingerprint density at radius 2 is 1.55 bits per heavy atom. The van der Waals surface area contributed by atoms with Crippen LogP contribution in [0.15, 0.2) is 77.7 Å². The van der Waals surface area contributed by atoms with Crippen LogP contribution in [0.4, 0.5) is 11.4 Å². The summed E-state index contributed by atoms with van der Waals surface area (Å²) in [5.41, 5.74) is 14.4. The maximum Gasteiger partial charge on any atom is 0.343 e. The van der Waals surface area contributed by atoms with Crippen molar-refractivity contribution in [1.82, 2.24) is 0 Å². The summed E-state index contributed by atoms with van der Waals surface area (Å²) in [6.07, 6.45) is 12.4. The fourth-order valence-electron chi connectivity index (χ4n) is 5.76. The van der Waals surface area contributed by atoms with Gasteiger partial charge in [0.05, 0.1) is 22.5 Å². The summed E-state index contributed by atoms with van der Waals surface area (Å²) in [7, 11) is 0. The molecule has 0 saturated heterocycles. The Bertz CT molecular complexity index is 1460. The lowest BCUT2D eigenvalue weighted by Crippen LogP contribution is -2.15. The fraction of sp³-hybridized carbons (Fsp3) is 0.343. The Hall–Kier alpha value is -4.24. The second kappa shape index (κ2) is 15.0. The zero-order valence-corrected chi connectivity index (χ0v) is 25.4. The van der Waals surface area contributed by atoms with Crippen LogP contribution in [0.1, 0.15) is 72.9 Å². The van der Waals surface area contributed by atoms with E-state index < -0.39 is 11.9 Å². The minimum atomic E-state index is -0.550. The standard InChI is InChI=1S/C35H38N2O6S/c36-29-19-30(37)21-32(20-29)44-43-33(38)15-10-23-8-13-31(14-9-23)42-35(40)28-11-6-25(7-12-28)22-41-34(39)18-27-5-4-26(17-27)16-24-2-1-3-24/h6-15,19-21,24,26-27H,1-5,16-18,22,36-37H2/b15-10+. The lowest BCUT2D eigenvalue weighted by molar-refractivity contribution is -0.146. The second-order valence-electron chi connectivity index (χ2n) is 11.8. The van der Waals surface area contributed by atoms with E-state index in [1.807, 2.05) is 0 Å². The molecule has 5 rings (SSSR count). The Morgan fingerprint density at radius 1 is 0.841 bits per heavy atom. The molecule has 2 aliphatic rings. The first kappa shape index (κ1) is 31.2. The highest BCUT2D eigenvalue weighted by molar-refractivity contribution is 7.95. The molecule has 4 N–H and O–H groups in total. The smallest absolute Gasteiger partial charge is 0.343 e. The van der Waals surface area contributed by atoms with Crippen molar-refractivity contribution in [3.8, 4) is 5.75 Å². The average Bonchev–Trinajstić information content (AvgIpc) is 3.43. The van der Waals surface area contributed by atoms with Crippen molar-refractivity contribution in [2.24, 2.45) is 17.8 Å². The van der Waals surface area contributed by atoms with E-state index >= 15 is 0 Å². The molecule has 0 heterocycles. The molecule has 2 saturated carbocycles. The van der Waals surface area contributed by atoms with Gasteiger partial charge < -0.3 is 25.1 Å². The summed E-state index contributed by atoms with van der Waals surface area (Å²) in [5.74, 6) is 1.31. The predicted molar refractivity (Wildman–Crippen MR) is 171 cm³/mol. The van der Waals surface area contributed by atoms with Crippen LogP contribution < -0.4 is 16.2 Å². The molecule has 0 aromatic heterocycles. The molecule has 230 valence electrons. The molecular weight excluding hydrogens is 576 g/mol. The molecule has 3 aromatic rings. The summed E-state index contributed by atoms with van der Waals surface area (Å²) in [5, 5.41) is 0. The van der Waals surface area contributed by atoms with E-state index in [9.17, 15) is 14.4 Å². The molecule has 0 bridgehead atoms. The van der Waals surface area contributed by atoms with Gasteiger partial charge in [-0.2, -0.15) is 0 Å². The van der Waals surface area contributed by atoms with E-state index in [-0.39, 0.29) is 12.6 Å². The van der Waals surface area contributed by atoms with Crippen molar-refractivity contribution < 1.29 is 28.0 Å². The number of nitrogen functional groups attached to an aromatic ring is 2. The third-order valence-electron chi connectivity index (χ3n) is 8.26. The van der Waals surface area contributed by atoms with Crippen LogP contribution in [-0.2, 0) is 25.1 Å². The quantitative estimate of drug-likeness (QED) is 0.0705. The highest BCUT2D eigenvalue weighted by Crippen LogP contribution is 2.41. The van der Waals surface area contributed by atoms with Gasteiger partial charge in [-0.25, -0.2) is 9.59 Å². The van der Waals surface area contributed by atoms with E-state index in [0.29, 0.717) is 39.9 Å². The van der Waals surface area contributed by atoms with Crippen LogP contribution in [-0.4, -0.2) is 17.9 Å². The number of carbonyl (C=O) groups excluding carboxylic acids is 3. The van der Waals surface area contributed by atoms with Crippen LogP contribution in [0.2, 0.25) is 0 Å². The molecule has 0 radical (unpaired) electrons. The molecule has 2 unspecified atom stereocenters. The number of ether oxygens (including phenoxy) is 2. The van der Waals surface area contributed by atoms with Crippen LogP contribution in [0.25, 0.3) is 6.08 Å². The number of carbonyl (C=O) groups is 3. The van der Waals surface area contributed by atoms with Crippen LogP contribution in [0, 0.1) is 17.8 Å². The van der Waals surface area contributed by atoms with Gasteiger partial charge in [0.1, 0.15) is 12.4 Å². The van der Waals surface area contributed by atoms with E-state index in [2.05, 4.69) is 0 Å². The fourth-order valence-corrected chi connectivity index (χ4v) is 6.36. The highest BCUT2D eigenvalue weighted by Gasteiger charge is 2.30. The molecule has 2 fully saturated rings. The zero-order valence-electron chi connectivity index (χ0n) is 24.6. The molecule has 2 atom stereocenters. The van der Waals surface area contributed by atoms with E-state index in [4.69, 9.17) is 25.1 Å². The largest absolute Gasteiger partial charge is 0.461 e. The van der Waals surface area contributed by atoms with Gasteiger partial charge >= 0.3 is 17.9 Å². The molecule has 8 nitrogen and oxygen atoms in total. The molecular formula is C35H38N2O6S. The predicted octanol–water partition coefficient (Wildman–Crippen LogP) is 7.37. The molecule has 0 spiro atoms. The van der Waals surface area contributed by atoms with Gasteiger partial charge in [0.25, 0.3) is 0 Å². The third kappa shape index (κ3) is 9.38. The first-order valence-electron chi connectivity index (χ1n) is 15.1. The van der Waals surface area contributed by atoms with Gasteiger partial charge in [0.2, 0.25) is 0 Å². The van der Waals surface area contributed by atoms with E-state index in [0.717, 1.165) is 47.8 Å². The first-order valence-corrected chi connectivity index (χ1v) is 15.8. The molecule has 9 heteroatoms. The molecule has 3 aromatic carbocycles. The topological polar surface area (TPSA) is 131 Å². The molecule has 0 aliphatic heterocycles. The number of benzene rings is 3. The minimum Gasteiger partial charge on any atom is -0.461 e. The number of esters is 2. The van der Waals surface area contributed by atoms with Gasteiger partial charge in [0.15, 0.2) is 0 Å². The monoisotopic (exact) mass is 614 g/mol. The molecule has 44 heavy (non-hydrogen) atoms. The lowest BCUT2D eigenvalue weighted by Gasteiger charge is -2.28. The van der Waals surface area contributed by atoms with Crippen LogP contribution >= 0.6 is 12.0 Å². The van der Waals surface area contributed by atoms with Gasteiger partial charge in [0, 0.05) is 23.9 Å². The maximum absolute atomic E-state index is 12.6. The van der Waals surface area contributed by atoms with Gasteiger partial charge in [-0.05, 0) is 96.7 Å². The van der Waals surface area contributed by atoms with E-state index in [1.165, 1.54) is 38.2 Å². The summed E-state index contributed by atoms with van der Waals surface area (Å²) in [6.45, 7) is 0.184. The number of anilines is 2. The Kier molecular flexibility index (Phi) is 10.6. The van der Waals surface area contributed by atoms with Crippen molar-refractivity contribution >= 4 is 47.4 Å². The van der Waals surface area contributed by atoms with Crippen LogP contribution in [0.3, 0.4) is 0 Å². The van der Waals surface area contributed by atoms with Crippen LogP contribution in [0.5, 0.6) is 5.75 Å². The van der Waals surface area contributed by atoms with E-state index in [1.54, 1.807) is 72.8 Å². The summed E-state index contributed by atoms with van der Waals surface area (Å²) >= 11 is 0.873. The average molecular weight is 615 g/mol. The summed E-state index contributed by atoms with van der Waals surface area (Å²) < 4.78 is 16.2. The normalized spacial score (nSPS) is 18.1. The van der Waals surface area contributed by atoms with Crippen molar-refractivity contribution in [1.29, 1.82) is 0 Å². The highest BCUT2D eigenvalue weighted by atomic mass is 32.2. The molecule has 2 aliphatic carbocycles. The Morgan fingerprint density at radius 3 is 2.23 bits per heavy atom. The number of hydrogen-bond donors (Lipinski definition) is 2. The van der Waals surface area contributed by atoms with Gasteiger partial charge in [-0.3, -0.25) is 4.79 Å². The Balaban J connectivity index is 1.01. The lowest BCUT2D eigenvalue weighted by atomic mass is 9.78. The van der Waals surface area contributed by atoms with Gasteiger partial charge in [-0.15, -0.1) is 0 Å². The summed E-state index contributed by atoms with van der Waals surface area (Å²) in [4.78, 5) is 37.7. The Labute approximate surface area is 262 Å². The zero-order chi connectivity index (χ0) is 30.9. The minimum absolute atomic E-state index is 0.153. The number of nitrogens with two attached hydrogens (primary N) is 2. The number of hydrogen-bond acceptors (Lipinski definition) is 9. The first-order chi connectivity index (χ1) is 21.3. The van der Waals surface area contributed by atoms with Gasteiger partial charge in [-0.1, -0.05) is 49.9 Å².